The lowest BCUT2D eigenvalue weighted by Crippen LogP contribution is -2.41. The van der Waals surface area contributed by atoms with Crippen molar-refractivity contribution in [3.63, 3.8) is 0 Å². The normalized spacial score (nSPS) is 34.1. The molecular weight excluding hydrogens is 198 g/mol. The highest BCUT2D eigenvalue weighted by Gasteiger charge is 2.30. The summed E-state index contributed by atoms with van der Waals surface area (Å²) in [7, 11) is 1.85. The Kier molecular flexibility index (Phi) is 4.26. The van der Waals surface area contributed by atoms with Crippen LogP contribution in [0.2, 0.25) is 0 Å². The maximum absolute atomic E-state index is 5.48. The minimum absolute atomic E-state index is 0.502. The lowest BCUT2D eigenvalue weighted by atomic mass is 9.87. The Labute approximate surface area is 100 Å². The van der Waals surface area contributed by atoms with Crippen LogP contribution in [-0.4, -0.2) is 25.8 Å². The summed E-state index contributed by atoms with van der Waals surface area (Å²) in [5.74, 6) is 0. The van der Waals surface area contributed by atoms with Gasteiger partial charge in [0, 0.05) is 19.7 Å². The van der Waals surface area contributed by atoms with E-state index in [1.54, 1.807) is 0 Å². The molecule has 2 atom stereocenters. The first-order valence-corrected chi connectivity index (χ1v) is 6.98. The second-order valence-corrected chi connectivity index (χ2v) is 6.12. The molecule has 2 unspecified atom stereocenters. The molecule has 0 bridgehead atoms. The molecule has 2 aliphatic carbocycles. The summed E-state index contributed by atoms with van der Waals surface area (Å²) in [5.41, 5.74) is 0.583. The molecule has 1 N–H and O–H groups in total. The van der Waals surface area contributed by atoms with Crippen molar-refractivity contribution in [1.82, 2.24) is 5.32 Å². The molecule has 2 rings (SSSR count). The van der Waals surface area contributed by atoms with Gasteiger partial charge in [-0.3, -0.25) is 0 Å². The van der Waals surface area contributed by atoms with Gasteiger partial charge in [-0.1, -0.05) is 19.8 Å². The third-order valence-electron chi connectivity index (χ3n) is 4.59. The first-order chi connectivity index (χ1) is 7.72. The standard InChI is InChI=1S/C14H27NO/c1-14(8-3-4-9-14)11-15-12-6-5-7-13(10-12)16-2/h12-13,15H,3-11H2,1-2H3. The molecule has 0 aromatic rings. The van der Waals surface area contributed by atoms with Gasteiger partial charge in [0.05, 0.1) is 6.10 Å². The van der Waals surface area contributed by atoms with Crippen molar-refractivity contribution < 1.29 is 4.74 Å². The highest BCUT2D eigenvalue weighted by molar-refractivity contribution is 4.85. The summed E-state index contributed by atoms with van der Waals surface area (Å²) in [6.07, 6.45) is 11.3. The van der Waals surface area contributed by atoms with Crippen LogP contribution in [0.25, 0.3) is 0 Å². The van der Waals surface area contributed by atoms with Crippen molar-refractivity contribution in [2.24, 2.45) is 5.41 Å². The Bertz CT molecular complexity index is 211. The Morgan fingerprint density at radius 3 is 2.62 bits per heavy atom. The second kappa shape index (κ2) is 5.50. The van der Waals surface area contributed by atoms with E-state index in [2.05, 4.69) is 12.2 Å². The van der Waals surface area contributed by atoms with Crippen molar-refractivity contribution in [2.75, 3.05) is 13.7 Å². The van der Waals surface area contributed by atoms with Gasteiger partial charge in [-0.2, -0.15) is 0 Å². The molecule has 94 valence electrons. The summed E-state index contributed by atoms with van der Waals surface area (Å²) in [6, 6.07) is 0.705. The van der Waals surface area contributed by atoms with E-state index >= 15 is 0 Å². The molecule has 0 saturated heterocycles. The van der Waals surface area contributed by atoms with Gasteiger partial charge in [0.15, 0.2) is 0 Å². The Morgan fingerprint density at radius 2 is 1.94 bits per heavy atom. The zero-order valence-electron chi connectivity index (χ0n) is 10.9. The van der Waals surface area contributed by atoms with Crippen LogP contribution in [0.1, 0.15) is 58.3 Å². The van der Waals surface area contributed by atoms with E-state index in [1.807, 2.05) is 7.11 Å². The highest BCUT2D eigenvalue weighted by atomic mass is 16.5. The van der Waals surface area contributed by atoms with Gasteiger partial charge in [0.2, 0.25) is 0 Å². The van der Waals surface area contributed by atoms with E-state index in [4.69, 9.17) is 4.74 Å². The largest absolute Gasteiger partial charge is 0.381 e. The van der Waals surface area contributed by atoms with Crippen LogP contribution in [0.4, 0.5) is 0 Å². The average Bonchev–Trinajstić information content (AvgIpc) is 2.75. The second-order valence-electron chi connectivity index (χ2n) is 6.12. The molecule has 0 aromatic heterocycles. The average molecular weight is 225 g/mol. The van der Waals surface area contributed by atoms with Gasteiger partial charge in [-0.25, -0.2) is 0 Å². The molecular formula is C14H27NO. The highest BCUT2D eigenvalue weighted by Crippen LogP contribution is 2.37. The Balaban J connectivity index is 1.72. The lowest BCUT2D eigenvalue weighted by Gasteiger charge is -2.32. The topological polar surface area (TPSA) is 21.3 Å². The van der Waals surface area contributed by atoms with Gasteiger partial charge in [-0.05, 0) is 43.9 Å². The number of ether oxygens (including phenoxy) is 1. The fourth-order valence-corrected chi connectivity index (χ4v) is 3.34. The maximum Gasteiger partial charge on any atom is 0.0586 e. The smallest absolute Gasteiger partial charge is 0.0586 e. The van der Waals surface area contributed by atoms with Gasteiger partial charge in [0.25, 0.3) is 0 Å². The molecule has 2 aliphatic rings. The third-order valence-corrected chi connectivity index (χ3v) is 4.59. The molecule has 0 aromatic carbocycles. The number of hydrogen-bond acceptors (Lipinski definition) is 2. The SMILES string of the molecule is COC1CCCC(NCC2(C)CCCC2)C1. The number of rotatable bonds is 4. The third kappa shape index (κ3) is 3.21. The summed E-state index contributed by atoms with van der Waals surface area (Å²) in [5, 5.41) is 3.79. The van der Waals surface area contributed by atoms with Crippen LogP contribution < -0.4 is 5.32 Å². The predicted octanol–water partition coefficient (Wildman–Crippen LogP) is 3.11. The summed E-state index contributed by atoms with van der Waals surface area (Å²) in [6.45, 7) is 3.66. The molecule has 0 radical (unpaired) electrons. The van der Waals surface area contributed by atoms with Crippen LogP contribution in [-0.2, 0) is 4.74 Å². The van der Waals surface area contributed by atoms with Crippen molar-refractivity contribution in [3.05, 3.63) is 0 Å². The van der Waals surface area contributed by atoms with Gasteiger partial charge in [-0.15, -0.1) is 0 Å². The van der Waals surface area contributed by atoms with E-state index in [1.165, 1.54) is 57.9 Å². The Hall–Kier alpha value is -0.0800. The van der Waals surface area contributed by atoms with E-state index < -0.39 is 0 Å². The number of hydrogen-bond donors (Lipinski definition) is 1. The van der Waals surface area contributed by atoms with Gasteiger partial charge in [0.1, 0.15) is 0 Å². The summed E-state index contributed by atoms with van der Waals surface area (Å²) >= 11 is 0. The first-order valence-electron chi connectivity index (χ1n) is 6.98. The van der Waals surface area contributed by atoms with Crippen LogP contribution in [0.5, 0.6) is 0 Å². The van der Waals surface area contributed by atoms with Gasteiger partial charge >= 0.3 is 0 Å². The monoisotopic (exact) mass is 225 g/mol. The molecule has 0 heterocycles. The van der Waals surface area contributed by atoms with Crippen LogP contribution in [0.15, 0.2) is 0 Å². The molecule has 2 nitrogen and oxygen atoms in total. The van der Waals surface area contributed by atoms with Crippen molar-refractivity contribution in [2.45, 2.75) is 70.4 Å². The quantitative estimate of drug-likeness (QED) is 0.794. The molecule has 0 aliphatic heterocycles. The molecule has 0 amide bonds. The zero-order valence-corrected chi connectivity index (χ0v) is 10.9. The summed E-state index contributed by atoms with van der Waals surface area (Å²) < 4.78 is 5.48. The first kappa shape index (κ1) is 12.4. The molecule has 0 spiro atoms. The lowest BCUT2D eigenvalue weighted by molar-refractivity contribution is 0.0569. The van der Waals surface area contributed by atoms with Crippen LogP contribution in [0, 0.1) is 5.41 Å². The van der Waals surface area contributed by atoms with E-state index in [9.17, 15) is 0 Å². The van der Waals surface area contributed by atoms with Crippen LogP contribution >= 0.6 is 0 Å². The predicted molar refractivity (Wildman–Crippen MR) is 67.6 cm³/mol. The van der Waals surface area contributed by atoms with Crippen molar-refractivity contribution >= 4 is 0 Å². The van der Waals surface area contributed by atoms with E-state index in [0.717, 1.165) is 0 Å². The molecule has 16 heavy (non-hydrogen) atoms. The molecule has 2 fully saturated rings. The minimum atomic E-state index is 0.502. The van der Waals surface area contributed by atoms with Gasteiger partial charge < -0.3 is 10.1 Å². The molecule has 2 heteroatoms. The Morgan fingerprint density at radius 1 is 1.19 bits per heavy atom. The number of methoxy groups -OCH3 is 1. The molecule has 2 saturated carbocycles. The van der Waals surface area contributed by atoms with Crippen LogP contribution in [0.3, 0.4) is 0 Å². The minimum Gasteiger partial charge on any atom is -0.381 e. The summed E-state index contributed by atoms with van der Waals surface area (Å²) in [4.78, 5) is 0. The van der Waals surface area contributed by atoms with Crippen molar-refractivity contribution in [1.29, 1.82) is 0 Å². The zero-order chi connectivity index (χ0) is 11.4. The number of nitrogens with one attached hydrogen (secondary N) is 1. The van der Waals surface area contributed by atoms with E-state index in [0.29, 0.717) is 17.6 Å². The van der Waals surface area contributed by atoms with E-state index in [-0.39, 0.29) is 0 Å². The maximum atomic E-state index is 5.48. The fraction of sp³-hybridized carbons (Fsp3) is 1.00. The fourth-order valence-electron chi connectivity index (χ4n) is 3.34. The van der Waals surface area contributed by atoms with Crippen molar-refractivity contribution in [3.8, 4) is 0 Å².